The lowest BCUT2D eigenvalue weighted by Gasteiger charge is -2.36. The van der Waals surface area contributed by atoms with E-state index in [1.807, 2.05) is 42.1 Å². The molecular formula is C16H23NOS. The molecule has 2 nitrogen and oxygen atoms in total. The summed E-state index contributed by atoms with van der Waals surface area (Å²) in [6, 6.07) is 9.77. The third-order valence-electron chi connectivity index (χ3n) is 4.00. The van der Waals surface area contributed by atoms with Crippen molar-refractivity contribution in [2.24, 2.45) is 0 Å². The Morgan fingerprint density at radius 2 is 1.95 bits per heavy atom. The van der Waals surface area contributed by atoms with Crippen LogP contribution in [-0.4, -0.2) is 41.3 Å². The maximum absolute atomic E-state index is 12.6. The van der Waals surface area contributed by atoms with Crippen molar-refractivity contribution in [3.8, 4) is 0 Å². The molecule has 1 fully saturated rings. The van der Waals surface area contributed by atoms with Crippen LogP contribution in [-0.2, 0) is 0 Å². The van der Waals surface area contributed by atoms with Crippen LogP contribution in [0.1, 0.15) is 36.5 Å². The molecule has 0 aromatic heterocycles. The molecule has 1 aromatic carbocycles. The maximum Gasteiger partial charge on any atom is 0.179 e. The Kier molecular flexibility index (Phi) is 5.46. The van der Waals surface area contributed by atoms with Crippen LogP contribution in [0.3, 0.4) is 0 Å². The van der Waals surface area contributed by atoms with Gasteiger partial charge in [-0.05, 0) is 38.6 Å². The quantitative estimate of drug-likeness (QED) is 0.769. The molecule has 1 saturated heterocycles. The van der Waals surface area contributed by atoms with Gasteiger partial charge in [-0.3, -0.25) is 9.69 Å². The molecule has 1 unspecified atom stereocenters. The Hall–Kier alpha value is -0.800. The van der Waals surface area contributed by atoms with E-state index in [-0.39, 0.29) is 11.8 Å². The van der Waals surface area contributed by atoms with Crippen molar-refractivity contribution >= 4 is 17.5 Å². The number of nitrogens with zero attached hydrogens (tertiary/aromatic N) is 1. The van der Waals surface area contributed by atoms with Crippen LogP contribution in [0.5, 0.6) is 0 Å². The minimum atomic E-state index is 0.0604. The van der Waals surface area contributed by atoms with Gasteiger partial charge in [0, 0.05) is 10.8 Å². The second-order valence-electron chi connectivity index (χ2n) is 5.13. The molecule has 1 aliphatic rings. The minimum Gasteiger partial charge on any atom is -0.293 e. The standard InChI is InChI=1S/C16H23NOS/c1-3-15(16(18)13-7-5-4-6-8-13)17-11-9-14(19-2)10-12-17/h4-8,14-15H,3,9-12H2,1-2H3. The van der Waals surface area contributed by atoms with Crippen LogP contribution in [0, 0.1) is 0 Å². The van der Waals surface area contributed by atoms with Gasteiger partial charge < -0.3 is 0 Å². The van der Waals surface area contributed by atoms with Crippen molar-refractivity contribution in [2.45, 2.75) is 37.5 Å². The van der Waals surface area contributed by atoms with Gasteiger partial charge in [-0.25, -0.2) is 0 Å². The number of benzene rings is 1. The summed E-state index contributed by atoms with van der Waals surface area (Å²) in [4.78, 5) is 15.0. The van der Waals surface area contributed by atoms with Crippen molar-refractivity contribution in [1.29, 1.82) is 0 Å². The van der Waals surface area contributed by atoms with Gasteiger partial charge in [0.15, 0.2) is 5.78 Å². The van der Waals surface area contributed by atoms with Crippen LogP contribution in [0.25, 0.3) is 0 Å². The summed E-state index contributed by atoms with van der Waals surface area (Å²) in [7, 11) is 0. The van der Waals surface area contributed by atoms with Crippen molar-refractivity contribution in [1.82, 2.24) is 4.90 Å². The van der Waals surface area contributed by atoms with Gasteiger partial charge >= 0.3 is 0 Å². The molecule has 1 heterocycles. The summed E-state index contributed by atoms with van der Waals surface area (Å²) in [5.41, 5.74) is 0.848. The van der Waals surface area contributed by atoms with Crippen molar-refractivity contribution in [3.05, 3.63) is 35.9 Å². The zero-order valence-electron chi connectivity index (χ0n) is 11.8. The first kappa shape index (κ1) is 14.6. The van der Waals surface area contributed by atoms with Crippen LogP contribution in [0.15, 0.2) is 30.3 Å². The Morgan fingerprint density at radius 1 is 1.32 bits per heavy atom. The molecule has 19 heavy (non-hydrogen) atoms. The van der Waals surface area contributed by atoms with Gasteiger partial charge in [-0.1, -0.05) is 37.3 Å². The van der Waals surface area contributed by atoms with E-state index in [2.05, 4.69) is 18.1 Å². The van der Waals surface area contributed by atoms with E-state index in [0.717, 1.165) is 30.3 Å². The van der Waals surface area contributed by atoms with E-state index in [0.29, 0.717) is 0 Å². The fourth-order valence-electron chi connectivity index (χ4n) is 2.83. The van der Waals surface area contributed by atoms with Gasteiger partial charge in [0.1, 0.15) is 0 Å². The van der Waals surface area contributed by atoms with E-state index in [4.69, 9.17) is 0 Å². The first-order valence-electron chi connectivity index (χ1n) is 7.12. The van der Waals surface area contributed by atoms with Gasteiger partial charge in [0.2, 0.25) is 0 Å². The normalized spacial score (nSPS) is 19.3. The number of hydrogen-bond donors (Lipinski definition) is 0. The molecule has 104 valence electrons. The highest BCUT2D eigenvalue weighted by Crippen LogP contribution is 2.24. The van der Waals surface area contributed by atoms with Gasteiger partial charge in [-0.2, -0.15) is 11.8 Å². The summed E-state index contributed by atoms with van der Waals surface area (Å²) in [5.74, 6) is 0.283. The molecule has 0 bridgehead atoms. The zero-order valence-corrected chi connectivity index (χ0v) is 12.7. The van der Waals surface area contributed by atoms with E-state index in [1.54, 1.807) is 0 Å². The zero-order chi connectivity index (χ0) is 13.7. The molecule has 1 aromatic rings. The van der Waals surface area contributed by atoms with Crippen LogP contribution in [0.4, 0.5) is 0 Å². The number of thioether (sulfide) groups is 1. The lowest BCUT2D eigenvalue weighted by molar-refractivity contribution is 0.0780. The highest BCUT2D eigenvalue weighted by molar-refractivity contribution is 7.99. The van der Waals surface area contributed by atoms with Crippen molar-refractivity contribution in [2.75, 3.05) is 19.3 Å². The summed E-state index contributed by atoms with van der Waals surface area (Å²) >= 11 is 1.96. The minimum absolute atomic E-state index is 0.0604. The number of carbonyl (C=O) groups excluding carboxylic acids is 1. The number of piperidine rings is 1. The predicted octanol–water partition coefficient (Wildman–Crippen LogP) is 3.48. The van der Waals surface area contributed by atoms with Gasteiger partial charge in [-0.15, -0.1) is 0 Å². The summed E-state index contributed by atoms with van der Waals surface area (Å²) in [6.07, 6.45) is 5.50. The molecular weight excluding hydrogens is 254 g/mol. The number of Topliss-reactive ketones (excluding diaryl/α,β-unsaturated/α-hetero) is 1. The Bertz CT molecular complexity index is 398. The van der Waals surface area contributed by atoms with Crippen molar-refractivity contribution < 1.29 is 4.79 Å². The molecule has 2 rings (SSSR count). The molecule has 0 spiro atoms. The summed E-state index contributed by atoms with van der Waals surface area (Å²) in [5, 5.41) is 0.778. The molecule has 0 amide bonds. The van der Waals surface area contributed by atoms with E-state index >= 15 is 0 Å². The number of likely N-dealkylation sites (tertiary alicyclic amines) is 1. The first-order valence-corrected chi connectivity index (χ1v) is 8.41. The molecule has 3 heteroatoms. The smallest absolute Gasteiger partial charge is 0.179 e. The first-order chi connectivity index (χ1) is 9.26. The molecule has 0 saturated carbocycles. The van der Waals surface area contributed by atoms with Crippen LogP contribution >= 0.6 is 11.8 Å². The third kappa shape index (κ3) is 3.61. The summed E-state index contributed by atoms with van der Waals surface area (Å²) in [6.45, 7) is 4.23. The van der Waals surface area contributed by atoms with Crippen molar-refractivity contribution in [3.63, 3.8) is 0 Å². The van der Waals surface area contributed by atoms with Gasteiger partial charge in [0.05, 0.1) is 6.04 Å². The van der Waals surface area contributed by atoms with E-state index in [9.17, 15) is 4.79 Å². The average molecular weight is 277 g/mol. The van der Waals surface area contributed by atoms with Crippen LogP contribution < -0.4 is 0 Å². The molecule has 1 atom stereocenters. The molecule has 1 aliphatic heterocycles. The number of rotatable bonds is 5. The van der Waals surface area contributed by atoms with E-state index in [1.165, 1.54) is 12.8 Å². The van der Waals surface area contributed by atoms with Gasteiger partial charge in [0.25, 0.3) is 0 Å². The van der Waals surface area contributed by atoms with E-state index < -0.39 is 0 Å². The molecule has 0 radical (unpaired) electrons. The Morgan fingerprint density at radius 3 is 2.47 bits per heavy atom. The topological polar surface area (TPSA) is 20.3 Å². The lowest BCUT2D eigenvalue weighted by atomic mass is 9.98. The predicted molar refractivity (Wildman–Crippen MR) is 83.0 cm³/mol. The Balaban J connectivity index is 2.02. The maximum atomic E-state index is 12.6. The fraction of sp³-hybridized carbons (Fsp3) is 0.562. The largest absolute Gasteiger partial charge is 0.293 e. The Labute approximate surface area is 120 Å². The highest BCUT2D eigenvalue weighted by Gasteiger charge is 2.28. The SMILES string of the molecule is CCC(C(=O)c1ccccc1)N1CCC(SC)CC1. The monoisotopic (exact) mass is 277 g/mol. The lowest BCUT2D eigenvalue weighted by Crippen LogP contribution is -2.45. The molecule has 0 aliphatic carbocycles. The average Bonchev–Trinajstić information content (AvgIpc) is 2.49. The highest BCUT2D eigenvalue weighted by atomic mass is 32.2. The third-order valence-corrected chi connectivity index (χ3v) is 5.14. The molecule has 0 N–H and O–H groups in total. The fourth-order valence-corrected chi connectivity index (χ4v) is 3.51. The summed E-state index contributed by atoms with van der Waals surface area (Å²) < 4.78 is 0. The number of carbonyl (C=O) groups is 1. The number of ketones is 1. The second-order valence-corrected chi connectivity index (χ2v) is 6.26. The van der Waals surface area contributed by atoms with Crippen LogP contribution in [0.2, 0.25) is 0 Å². The second kappa shape index (κ2) is 7.11. The number of hydrogen-bond acceptors (Lipinski definition) is 3.